The Morgan fingerprint density at radius 2 is 2.38 bits per heavy atom. The second kappa shape index (κ2) is 4.53. The minimum atomic E-state index is 0.119. The van der Waals surface area contributed by atoms with Crippen LogP contribution in [0.1, 0.15) is 24.5 Å². The molecule has 0 aliphatic heterocycles. The molecule has 2 nitrogen and oxygen atoms in total. The third-order valence-corrected chi connectivity index (χ3v) is 2.69. The summed E-state index contributed by atoms with van der Waals surface area (Å²) in [5.74, 6) is 0.381. The summed E-state index contributed by atoms with van der Waals surface area (Å²) in [7, 11) is 0. The molecule has 1 rings (SSSR count). The highest BCUT2D eigenvalue weighted by molar-refractivity contribution is 7.09. The lowest BCUT2D eigenvalue weighted by Crippen LogP contribution is -1.98. The number of aryl methyl sites for hydroxylation is 1. The van der Waals surface area contributed by atoms with Crippen LogP contribution >= 0.6 is 11.3 Å². The van der Waals surface area contributed by atoms with Crippen molar-refractivity contribution in [2.24, 2.45) is 5.92 Å². The third-order valence-electron chi connectivity index (χ3n) is 1.89. The van der Waals surface area contributed by atoms with E-state index in [-0.39, 0.29) is 6.61 Å². The Labute approximate surface area is 83.0 Å². The molecular weight excluding hydrogens is 182 g/mol. The molecule has 13 heavy (non-hydrogen) atoms. The van der Waals surface area contributed by atoms with Crippen LogP contribution in [-0.4, -0.2) is 16.7 Å². The molecule has 0 aromatic carbocycles. The average Bonchev–Trinajstić information content (AvgIpc) is 2.46. The van der Waals surface area contributed by atoms with E-state index in [2.05, 4.69) is 18.8 Å². The van der Waals surface area contributed by atoms with Gasteiger partial charge in [-0.05, 0) is 24.5 Å². The van der Waals surface area contributed by atoms with Crippen LogP contribution in [0.2, 0.25) is 0 Å². The maximum Gasteiger partial charge on any atom is 0.0901 e. The number of rotatable bonds is 3. The van der Waals surface area contributed by atoms with E-state index >= 15 is 0 Å². The van der Waals surface area contributed by atoms with Crippen LogP contribution in [0.5, 0.6) is 0 Å². The van der Waals surface area contributed by atoms with Crippen LogP contribution in [0.3, 0.4) is 0 Å². The molecule has 1 heterocycles. The smallest absolute Gasteiger partial charge is 0.0901 e. The molecule has 0 amide bonds. The molecule has 0 spiro atoms. The van der Waals surface area contributed by atoms with Gasteiger partial charge in [-0.2, -0.15) is 0 Å². The molecule has 0 saturated heterocycles. The average molecular weight is 197 g/mol. The van der Waals surface area contributed by atoms with Gasteiger partial charge in [0, 0.05) is 5.38 Å². The monoisotopic (exact) mass is 197 g/mol. The number of aliphatic hydroxyl groups is 1. The van der Waals surface area contributed by atoms with Crippen molar-refractivity contribution in [3.8, 4) is 0 Å². The lowest BCUT2D eigenvalue weighted by molar-refractivity contribution is 0.320. The highest BCUT2D eigenvalue weighted by Gasteiger charge is 2.02. The first kappa shape index (κ1) is 10.4. The summed E-state index contributed by atoms with van der Waals surface area (Å²) in [5, 5.41) is 12.1. The topological polar surface area (TPSA) is 33.1 Å². The van der Waals surface area contributed by atoms with E-state index < -0.39 is 0 Å². The van der Waals surface area contributed by atoms with Gasteiger partial charge in [-0.15, -0.1) is 11.3 Å². The van der Waals surface area contributed by atoms with Crippen LogP contribution < -0.4 is 0 Å². The predicted molar refractivity (Wildman–Crippen MR) is 56.8 cm³/mol. The van der Waals surface area contributed by atoms with E-state index in [1.165, 1.54) is 0 Å². The predicted octanol–water partition coefficient (Wildman–Crippen LogP) is 2.48. The summed E-state index contributed by atoms with van der Waals surface area (Å²) in [5.41, 5.74) is 1.99. The molecular formula is C10H15NOS. The summed E-state index contributed by atoms with van der Waals surface area (Å²) in [4.78, 5) is 4.31. The van der Waals surface area contributed by atoms with Gasteiger partial charge < -0.3 is 5.11 Å². The van der Waals surface area contributed by atoms with Crippen molar-refractivity contribution in [3.05, 3.63) is 21.7 Å². The van der Waals surface area contributed by atoms with Crippen molar-refractivity contribution in [3.63, 3.8) is 0 Å². The van der Waals surface area contributed by atoms with E-state index in [1.807, 2.05) is 18.4 Å². The summed E-state index contributed by atoms with van der Waals surface area (Å²) in [6.45, 7) is 6.24. The maximum absolute atomic E-state index is 9.07. The summed E-state index contributed by atoms with van der Waals surface area (Å²) in [6.07, 6.45) is 1.97. The van der Waals surface area contributed by atoms with Gasteiger partial charge in [-0.25, -0.2) is 4.98 Å². The van der Waals surface area contributed by atoms with Gasteiger partial charge in [0.25, 0.3) is 0 Å². The third kappa shape index (κ3) is 2.94. The first-order valence-electron chi connectivity index (χ1n) is 4.37. The molecule has 0 bridgehead atoms. The largest absolute Gasteiger partial charge is 0.392 e. The van der Waals surface area contributed by atoms with Crippen LogP contribution in [0.25, 0.3) is 6.08 Å². The van der Waals surface area contributed by atoms with Gasteiger partial charge in [0.15, 0.2) is 0 Å². The van der Waals surface area contributed by atoms with Crippen molar-refractivity contribution in [2.75, 3.05) is 6.61 Å². The molecule has 0 saturated carbocycles. The summed E-state index contributed by atoms with van der Waals surface area (Å²) < 4.78 is 0. The van der Waals surface area contributed by atoms with Crippen molar-refractivity contribution in [1.82, 2.24) is 4.98 Å². The molecule has 0 unspecified atom stereocenters. The number of aliphatic hydroxyl groups excluding tert-OH is 1. The van der Waals surface area contributed by atoms with Crippen molar-refractivity contribution in [2.45, 2.75) is 20.8 Å². The molecule has 1 aromatic heterocycles. The zero-order chi connectivity index (χ0) is 9.84. The highest BCUT2D eigenvalue weighted by Crippen LogP contribution is 2.15. The zero-order valence-corrected chi connectivity index (χ0v) is 9.06. The number of aromatic nitrogens is 1. The fourth-order valence-corrected chi connectivity index (χ4v) is 1.60. The van der Waals surface area contributed by atoms with Crippen LogP contribution in [0, 0.1) is 12.8 Å². The number of thiazole rings is 1. The Bertz CT molecular complexity index is 302. The van der Waals surface area contributed by atoms with Crippen molar-refractivity contribution >= 4 is 17.4 Å². The Balaban J connectivity index is 2.84. The maximum atomic E-state index is 9.07. The SMILES string of the molecule is Cc1nc(C=C(CO)C(C)C)cs1. The van der Waals surface area contributed by atoms with E-state index in [1.54, 1.807) is 11.3 Å². The minimum absolute atomic E-state index is 0.119. The van der Waals surface area contributed by atoms with Crippen LogP contribution in [0.15, 0.2) is 11.0 Å². The van der Waals surface area contributed by atoms with E-state index in [4.69, 9.17) is 5.11 Å². The molecule has 0 fully saturated rings. The number of hydrogen-bond acceptors (Lipinski definition) is 3. The van der Waals surface area contributed by atoms with Crippen molar-refractivity contribution in [1.29, 1.82) is 0 Å². The first-order chi connectivity index (χ1) is 6.13. The summed E-state index contributed by atoms with van der Waals surface area (Å²) in [6, 6.07) is 0. The van der Waals surface area contributed by atoms with Crippen LogP contribution in [0.4, 0.5) is 0 Å². The lowest BCUT2D eigenvalue weighted by atomic mass is 10.0. The normalized spacial score (nSPS) is 12.5. The van der Waals surface area contributed by atoms with E-state index in [9.17, 15) is 0 Å². The molecule has 1 aromatic rings. The van der Waals surface area contributed by atoms with E-state index in [0.717, 1.165) is 16.3 Å². The highest BCUT2D eigenvalue weighted by atomic mass is 32.1. The Hall–Kier alpha value is -0.670. The van der Waals surface area contributed by atoms with Gasteiger partial charge in [0.05, 0.1) is 17.3 Å². The van der Waals surface area contributed by atoms with Gasteiger partial charge >= 0.3 is 0 Å². The number of hydrogen-bond donors (Lipinski definition) is 1. The molecule has 1 N–H and O–H groups in total. The summed E-state index contributed by atoms with van der Waals surface area (Å²) >= 11 is 1.63. The van der Waals surface area contributed by atoms with Gasteiger partial charge in [-0.3, -0.25) is 0 Å². The Kier molecular flexibility index (Phi) is 3.63. The molecule has 72 valence electrons. The second-order valence-electron chi connectivity index (χ2n) is 3.32. The quantitative estimate of drug-likeness (QED) is 0.807. The van der Waals surface area contributed by atoms with Crippen molar-refractivity contribution < 1.29 is 5.11 Å². The van der Waals surface area contributed by atoms with Gasteiger partial charge in [-0.1, -0.05) is 13.8 Å². The molecule has 3 heteroatoms. The van der Waals surface area contributed by atoms with Gasteiger partial charge in [0.1, 0.15) is 0 Å². The molecule has 0 aliphatic carbocycles. The molecule has 0 aliphatic rings. The van der Waals surface area contributed by atoms with E-state index in [0.29, 0.717) is 5.92 Å². The Morgan fingerprint density at radius 1 is 1.69 bits per heavy atom. The minimum Gasteiger partial charge on any atom is -0.392 e. The fourth-order valence-electron chi connectivity index (χ4n) is 1.03. The standard InChI is InChI=1S/C10H15NOS/c1-7(2)9(5-12)4-10-6-13-8(3)11-10/h4,6-7,12H,5H2,1-3H3. The second-order valence-corrected chi connectivity index (χ2v) is 4.39. The van der Waals surface area contributed by atoms with Crippen LogP contribution in [-0.2, 0) is 0 Å². The zero-order valence-electron chi connectivity index (χ0n) is 8.24. The number of nitrogens with zero attached hydrogens (tertiary/aromatic N) is 1. The Morgan fingerprint density at radius 3 is 2.77 bits per heavy atom. The van der Waals surface area contributed by atoms with Gasteiger partial charge in [0.2, 0.25) is 0 Å². The fraction of sp³-hybridized carbons (Fsp3) is 0.500. The first-order valence-corrected chi connectivity index (χ1v) is 5.25. The lowest BCUT2D eigenvalue weighted by Gasteiger charge is -2.06. The molecule has 0 radical (unpaired) electrons. The molecule has 0 atom stereocenters.